The number of fused-ring (bicyclic) bond motifs is 1. The summed E-state index contributed by atoms with van der Waals surface area (Å²) < 4.78 is 6.95. The third kappa shape index (κ3) is 3.35. The normalized spacial score (nSPS) is 14.7. The number of nitrogens with one attached hydrogen (secondary N) is 1. The van der Waals surface area contributed by atoms with Gasteiger partial charge < -0.3 is 15.8 Å². The molecule has 0 saturated heterocycles. The largest absolute Gasteiger partial charge is 0.383 e. The molecule has 27 heavy (non-hydrogen) atoms. The van der Waals surface area contributed by atoms with Gasteiger partial charge in [-0.15, -0.1) is 0 Å². The molecule has 0 atom stereocenters. The van der Waals surface area contributed by atoms with Crippen molar-refractivity contribution in [1.29, 1.82) is 0 Å². The van der Waals surface area contributed by atoms with Crippen molar-refractivity contribution in [3.63, 3.8) is 0 Å². The van der Waals surface area contributed by atoms with Gasteiger partial charge in [0.1, 0.15) is 12.1 Å². The van der Waals surface area contributed by atoms with Gasteiger partial charge in [-0.1, -0.05) is 25.0 Å². The first-order valence-corrected chi connectivity index (χ1v) is 9.05. The number of carbonyl (C=O) groups is 1. The highest BCUT2D eigenvalue weighted by molar-refractivity contribution is 6.13. The second-order valence-corrected chi connectivity index (χ2v) is 6.77. The van der Waals surface area contributed by atoms with Crippen LogP contribution in [-0.2, 0) is 11.3 Å². The first-order chi connectivity index (χ1) is 13.2. The summed E-state index contributed by atoms with van der Waals surface area (Å²) in [5.41, 5.74) is 8.65. The molecule has 2 heterocycles. The quantitative estimate of drug-likeness (QED) is 0.719. The standard InChI is InChI=1S/C19H22N6O2/c1-27-10-12-6-8-13(9-7-12)23-19(26)16-15-17(20)21-11-22-18(15)25(24-16)14-4-2-3-5-14/h6-9,11,14H,2-5,10H2,1H3,(H,23,26)(H2,20,21,22). The Hall–Kier alpha value is -3.00. The van der Waals surface area contributed by atoms with Crippen molar-refractivity contribution in [2.75, 3.05) is 18.2 Å². The number of rotatable bonds is 5. The summed E-state index contributed by atoms with van der Waals surface area (Å²) >= 11 is 0. The molecular formula is C19H22N6O2. The van der Waals surface area contributed by atoms with E-state index in [1.807, 2.05) is 28.9 Å². The SMILES string of the molecule is COCc1ccc(NC(=O)c2nn(C3CCCC3)c3ncnc(N)c23)cc1. The van der Waals surface area contributed by atoms with Crippen molar-refractivity contribution in [3.05, 3.63) is 41.9 Å². The van der Waals surface area contributed by atoms with E-state index in [1.165, 1.54) is 6.33 Å². The number of nitrogens with two attached hydrogens (primary N) is 1. The van der Waals surface area contributed by atoms with Crippen LogP contribution in [0.3, 0.4) is 0 Å². The fourth-order valence-corrected chi connectivity index (χ4v) is 3.60. The van der Waals surface area contributed by atoms with Crippen LogP contribution in [0.1, 0.15) is 47.8 Å². The van der Waals surface area contributed by atoms with Gasteiger partial charge in [-0.2, -0.15) is 5.10 Å². The molecule has 1 fully saturated rings. The highest BCUT2D eigenvalue weighted by Gasteiger charge is 2.26. The summed E-state index contributed by atoms with van der Waals surface area (Å²) in [7, 11) is 1.65. The minimum absolute atomic E-state index is 0.247. The number of hydrogen-bond donors (Lipinski definition) is 2. The molecule has 1 saturated carbocycles. The number of nitrogen functional groups attached to an aromatic ring is 1. The Kier molecular flexibility index (Phi) is 4.72. The molecule has 8 nitrogen and oxygen atoms in total. The van der Waals surface area contributed by atoms with Crippen LogP contribution in [0.5, 0.6) is 0 Å². The van der Waals surface area contributed by atoms with E-state index in [0.717, 1.165) is 31.2 Å². The van der Waals surface area contributed by atoms with Gasteiger partial charge in [-0.3, -0.25) is 4.79 Å². The Morgan fingerprint density at radius 2 is 2.00 bits per heavy atom. The highest BCUT2D eigenvalue weighted by Crippen LogP contribution is 2.33. The van der Waals surface area contributed by atoms with E-state index in [9.17, 15) is 4.79 Å². The van der Waals surface area contributed by atoms with Gasteiger partial charge in [0.2, 0.25) is 0 Å². The lowest BCUT2D eigenvalue weighted by Crippen LogP contribution is -2.15. The summed E-state index contributed by atoms with van der Waals surface area (Å²) in [5.74, 6) is -0.0532. The van der Waals surface area contributed by atoms with E-state index in [2.05, 4.69) is 20.4 Å². The predicted octanol–water partition coefficient (Wildman–Crippen LogP) is 2.92. The van der Waals surface area contributed by atoms with Crippen molar-refractivity contribution < 1.29 is 9.53 Å². The zero-order valence-corrected chi connectivity index (χ0v) is 15.2. The number of hydrogen-bond acceptors (Lipinski definition) is 6. The Morgan fingerprint density at radius 3 is 2.70 bits per heavy atom. The maximum absolute atomic E-state index is 12.9. The number of methoxy groups -OCH3 is 1. The zero-order chi connectivity index (χ0) is 18.8. The van der Waals surface area contributed by atoms with E-state index in [-0.39, 0.29) is 23.5 Å². The minimum atomic E-state index is -0.322. The number of aromatic nitrogens is 4. The summed E-state index contributed by atoms with van der Waals surface area (Å²) in [6, 6.07) is 7.74. The fraction of sp³-hybridized carbons (Fsp3) is 0.368. The smallest absolute Gasteiger partial charge is 0.277 e. The number of ether oxygens (including phenoxy) is 1. The second-order valence-electron chi connectivity index (χ2n) is 6.77. The molecule has 4 rings (SSSR count). The molecule has 3 N–H and O–H groups in total. The van der Waals surface area contributed by atoms with E-state index in [0.29, 0.717) is 23.3 Å². The molecule has 8 heteroatoms. The third-order valence-corrected chi connectivity index (χ3v) is 4.93. The molecule has 0 aliphatic heterocycles. The topological polar surface area (TPSA) is 108 Å². The van der Waals surface area contributed by atoms with Crippen LogP contribution in [0.25, 0.3) is 11.0 Å². The van der Waals surface area contributed by atoms with Crippen LogP contribution in [-0.4, -0.2) is 32.8 Å². The number of anilines is 2. The molecule has 0 unspecified atom stereocenters. The van der Waals surface area contributed by atoms with E-state index < -0.39 is 0 Å². The average Bonchev–Trinajstić information content (AvgIpc) is 3.31. The molecule has 0 radical (unpaired) electrons. The molecule has 1 amide bonds. The Bertz CT molecular complexity index is 960. The predicted molar refractivity (Wildman–Crippen MR) is 102 cm³/mol. The van der Waals surface area contributed by atoms with Gasteiger partial charge in [-0.25, -0.2) is 14.6 Å². The average molecular weight is 366 g/mol. The van der Waals surface area contributed by atoms with Crippen molar-refractivity contribution in [3.8, 4) is 0 Å². The lowest BCUT2D eigenvalue weighted by atomic mass is 10.2. The molecule has 1 aliphatic rings. The lowest BCUT2D eigenvalue weighted by molar-refractivity contribution is 0.102. The molecule has 1 aliphatic carbocycles. The minimum Gasteiger partial charge on any atom is -0.383 e. The second kappa shape index (κ2) is 7.32. The molecule has 3 aromatic rings. The van der Waals surface area contributed by atoms with Crippen LogP contribution in [0, 0.1) is 0 Å². The summed E-state index contributed by atoms with van der Waals surface area (Å²) in [6.07, 6.45) is 5.79. The monoisotopic (exact) mass is 366 g/mol. The molecule has 2 aromatic heterocycles. The Labute approximate surface area is 156 Å². The van der Waals surface area contributed by atoms with Crippen LogP contribution >= 0.6 is 0 Å². The number of carbonyl (C=O) groups excluding carboxylic acids is 1. The number of nitrogens with zero attached hydrogens (tertiary/aromatic N) is 4. The molecule has 0 spiro atoms. The fourth-order valence-electron chi connectivity index (χ4n) is 3.60. The maximum Gasteiger partial charge on any atom is 0.277 e. The van der Waals surface area contributed by atoms with E-state index in [4.69, 9.17) is 10.5 Å². The third-order valence-electron chi connectivity index (χ3n) is 4.93. The van der Waals surface area contributed by atoms with E-state index >= 15 is 0 Å². The summed E-state index contributed by atoms with van der Waals surface area (Å²) in [5, 5.41) is 7.97. The number of benzene rings is 1. The zero-order valence-electron chi connectivity index (χ0n) is 15.2. The van der Waals surface area contributed by atoms with Crippen LogP contribution in [0.2, 0.25) is 0 Å². The molecule has 140 valence electrons. The van der Waals surface area contributed by atoms with E-state index in [1.54, 1.807) is 7.11 Å². The van der Waals surface area contributed by atoms with Gasteiger partial charge in [-0.05, 0) is 30.5 Å². The maximum atomic E-state index is 12.9. The molecular weight excluding hydrogens is 344 g/mol. The molecule has 0 bridgehead atoms. The van der Waals surface area contributed by atoms with Gasteiger partial charge in [0, 0.05) is 12.8 Å². The van der Waals surface area contributed by atoms with Crippen molar-refractivity contribution in [2.24, 2.45) is 0 Å². The van der Waals surface area contributed by atoms with Gasteiger partial charge in [0.15, 0.2) is 11.3 Å². The van der Waals surface area contributed by atoms with Crippen LogP contribution in [0.4, 0.5) is 11.5 Å². The first kappa shape index (κ1) is 17.4. The van der Waals surface area contributed by atoms with Crippen LogP contribution in [0.15, 0.2) is 30.6 Å². The van der Waals surface area contributed by atoms with Crippen molar-refractivity contribution >= 4 is 28.4 Å². The first-order valence-electron chi connectivity index (χ1n) is 9.05. The summed E-state index contributed by atoms with van der Waals surface area (Å²) in [4.78, 5) is 21.3. The Morgan fingerprint density at radius 1 is 1.26 bits per heavy atom. The van der Waals surface area contributed by atoms with Gasteiger partial charge >= 0.3 is 0 Å². The van der Waals surface area contributed by atoms with Crippen molar-refractivity contribution in [1.82, 2.24) is 19.7 Å². The molecule has 1 aromatic carbocycles. The lowest BCUT2D eigenvalue weighted by Gasteiger charge is -2.10. The van der Waals surface area contributed by atoms with Gasteiger partial charge in [0.25, 0.3) is 5.91 Å². The number of amides is 1. The Balaban J connectivity index is 1.67. The van der Waals surface area contributed by atoms with Gasteiger partial charge in [0.05, 0.1) is 18.0 Å². The highest BCUT2D eigenvalue weighted by atomic mass is 16.5. The summed E-state index contributed by atoms with van der Waals surface area (Å²) in [6.45, 7) is 0.526. The van der Waals surface area contributed by atoms with Crippen LogP contribution < -0.4 is 11.1 Å². The van der Waals surface area contributed by atoms with Crippen molar-refractivity contribution in [2.45, 2.75) is 38.3 Å².